The summed E-state index contributed by atoms with van der Waals surface area (Å²) >= 11 is 1.87. The smallest absolute Gasteiger partial charge is 0.0547 e. The topological polar surface area (TPSA) is 3.24 Å². The number of thiophene rings is 1. The lowest BCUT2D eigenvalue weighted by molar-refractivity contribution is 0.660. The van der Waals surface area contributed by atoms with Crippen molar-refractivity contribution in [1.82, 2.24) is 0 Å². The molecule has 0 saturated heterocycles. The second-order valence-electron chi connectivity index (χ2n) is 15.7. The number of benzene rings is 9. The first kappa shape index (κ1) is 33.6. The Morgan fingerprint density at radius 3 is 1.93 bits per heavy atom. The summed E-state index contributed by atoms with van der Waals surface area (Å²) in [6.45, 7) is 4.74. The first-order valence-corrected chi connectivity index (χ1v) is 20.6. The average Bonchev–Trinajstić information content (AvgIpc) is 3.76. The molecule has 0 atom stereocenters. The van der Waals surface area contributed by atoms with Crippen LogP contribution in [0.5, 0.6) is 0 Å². The molecule has 9 aromatic carbocycles. The van der Waals surface area contributed by atoms with E-state index in [0.29, 0.717) is 0 Å². The van der Waals surface area contributed by atoms with Gasteiger partial charge in [0.05, 0.1) is 5.69 Å². The highest BCUT2D eigenvalue weighted by molar-refractivity contribution is 7.26. The fourth-order valence-electron chi connectivity index (χ4n) is 9.29. The van der Waals surface area contributed by atoms with E-state index < -0.39 is 0 Å². The maximum Gasteiger partial charge on any atom is 0.0547 e. The van der Waals surface area contributed by atoms with Crippen LogP contribution in [0.2, 0.25) is 0 Å². The molecule has 0 spiro atoms. The second-order valence-corrected chi connectivity index (χ2v) is 16.8. The Morgan fingerprint density at radius 2 is 1.05 bits per heavy atom. The summed E-state index contributed by atoms with van der Waals surface area (Å²) in [5.41, 5.74) is 16.0. The Labute approximate surface area is 337 Å². The van der Waals surface area contributed by atoms with Gasteiger partial charge in [-0.2, -0.15) is 0 Å². The predicted molar refractivity (Wildman–Crippen MR) is 245 cm³/mol. The Balaban J connectivity index is 1.17. The molecule has 0 radical (unpaired) electrons. The van der Waals surface area contributed by atoms with Crippen molar-refractivity contribution in [3.05, 3.63) is 211 Å². The van der Waals surface area contributed by atoms with E-state index in [1.54, 1.807) is 0 Å². The summed E-state index contributed by atoms with van der Waals surface area (Å²) in [5, 5.41) is 5.10. The fraction of sp³-hybridized carbons (Fsp3) is 0.0545. The summed E-state index contributed by atoms with van der Waals surface area (Å²) in [5.74, 6) is 0. The molecule has 0 aliphatic heterocycles. The number of nitrogens with zero attached hydrogens (tertiary/aromatic N) is 1. The molecule has 1 aliphatic rings. The molecule has 0 unspecified atom stereocenters. The number of hydrogen-bond donors (Lipinski definition) is 0. The number of hydrogen-bond acceptors (Lipinski definition) is 2. The Bertz CT molecular complexity index is 3150. The molecule has 1 aromatic heterocycles. The van der Waals surface area contributed by atoms with Crippen LogP contribution < -0.4 is 4.90 Å². The third kappa shape index (κ3) is 5.44. The molecule has 2 heteroatoms. The Morgan fingerprint density at radius 1 is 0.404 bits per heavy atom. The Hall–Kier alpha value is -6.74. The molecule has 0 N–H and O–H groups in total. The summed E-state index contributed by atoms with van der Waals surface area (Å²) in [4.78, 5) is 2.50. The van der Waals surface area contributed by atoms with Gasteiger partial charge in [0.25, 0.3) is 0 Å². The third-order valence-corrected chi connectivity index (χ3v) is 13.2. The van der Waals surface area contributed by atoms with Crippen LogP contribution in [0.15, 0.2) is 200 Å². The van der Waals surface area contributed by atoms with Crippen LogP contribution in [0, 0.1) is 0 Å². The summed E-state index contributed by atoms with van der Waals surface area (Å²) in [7, 11) is 0. The molecule has 270 valence electrons. The van der Waals surface area contributed by atoms with Crippen molar-refractivity contribution < 1.29 is 0 Å². The molecule has 0 fully saturated rings. The molecule has 10 aromatic rings. The van der Waals surface area contributed by atoms with Gasteiger partial charge in [0.15, 0.2) is 0 Å². The van der Waals surface area contributed by atoms with E-state index in [1.165, 1.54) is 86.6 Å². The summed E-state index contributed by atoms with van der Waals surface area (Å²) in [6.07, 6.45) is 0. The molecule has 0 amide bonds. The van der Waals surface area contributed by atoms with E-state index in [-0.39, 0.29) is 5.41 Å². The van der Waals surface area contributed by atoms with Crippen LogP contribution in [0.1, 0.15) is 25.0 Å². The third-order valence-electron chi connectivity index (χ3n) is 12.1. The lowest BCUT2D eigenvalue weighted by Crippen LogP contribution is -2.17. The number of anilines is 3. The van der Waals surface area contributed by atoms with Crippen LogP contribution in [-0.2, 0) is 5.41 Å². The molecule has 0 bridgehead atoms. The quantitative estimate of drug-likeness (QED) is 0.164. The van der Waals surface area contributed by atoms with Crippen molar-refractivity contribution in [1.29, 1.82) is 0 Å². The maximum atomic E-state index is 2.50. The zero-order valence-corrected chi connectivity index (χ0v) is 32.7. The highest BCUT2D eigenvalue weighted by Gasteiger charge is 2.36. The normalized spacial score (nSPS) is 12.9. The molecule has 1 aliphatic carbocycles. The maximum absolute atomic E-state index is 2.50. The predicted octanol–water partition coefficient (Wildman–Crippen LogP) is 16.0. The zero-order valence-electron chi connectivity index (χ0n) is 31.9. The van der Waals surface area contributed by atoms with Gasteiger partial charge in [-0.3, -0.25) is 0 Å². The van der Waals surface area contributed by atoms with E-state index >= 15 is 0 Å². The van der Waals surface area contributed by atoms with Gasteiger partial charge in [-0.15, -0.1) is 11.3 Å². The van der Waals surface area contributed by atoms with Crippen molar-refractivity contribution >= 4 is 59.3 Å². The van der Waals surface area contributed by atoms with Gasteiger partial charge < -0.3 is 4.90 Å². The standard InChI is InChI=1S/C55H39NS/c1-55(2)48-24-10-8-21-45(48)46-31-30-42(35-49(46)55)56(41-28-26-38(27-29-41)44-23-13-17-37-16-6-7-20-43(37)44)50-32-33-52-54(47-22-9-11-25-51(47)57-52)53(50)40-19-12-18-39(34-40)36-14-4-3-5-15-36/h3-35H,1-2H3. The SMILES string of the molecule is CC1(C)c2ccccc2-c2ccc(N(c3ccc(-c4cccc5ccccc45)cc3)c3ccc4sc5ccccc5c4c3-c3cccc(-c4ccccc4)c3)cc21. The monoisotopic (exact) mass is 745 g/mol. The number of rotatable bonds is 6. The van der Waals surface area contributed by atoms with Gasteiger partial charge in [-0.25, -0.2) is 0 Å². The lowest BCUT2D eigenvalue weighted by Gasteiger charge is -2.30. The van der Waals surface area contributed by atoms with Gasteiger partial charge in [0.1, 0.15) is 0 Å². The van der Waals surface area contributed by atoms with E-state index in [9.17, 15) is 0 Å². The minimum atomic E-state index is -0.133. The van der Waals surface area contributed by atoms with Gasteiger partial charge in [-0.1, -0.05) is 166 Å². The number of fused-ring (bicyclic) bond motifs is 7. The van der Waals surface area contributed by atoms with E-state index in [2.05, 4.69) is 219 Å². The van der Waals surface area contributed by atoms with E-state index in [4.69, 9.17) is 0 Å². The minimum absolute atomic E-state index is 0.133. The van der Waals surface area contributed by atoms with Gasteiger partial charge in [0.2, 0.25) is 0 Å². The van der Waals surface area contributed by atoms with Gasteiger partial charge in [-0.05, 0) is 109 Å². The van der Waals surface area contributed by atoms with Crippen LogP contribution in [0.4, 0.5) is 17.1 Å². The summed E-state index contributed by atoms with van der Waals surface area (Å²) in [6, 6.07) is 74.0. The summed E-state index contributed by atoms with van der Waals surface area (Å²) < 4.78 is 2.59. The van der Waals surface area contributed by atoms with Crippen molar-refractivity contribution in [3.8, 4) is 44.5 Å². The van der Waals surface area contributed by atoms with E-state index in [0.717, 1.165) is 17.1 Å². The first-order chi connectivity index (χ1) is 28.0. The fourth-order valence-corrected chi connectivity index (χ4v) is 10.4. The Kier molecular flexibility index (Phi) is 7.77. The van der Waals surface area contributed by atoms with Crippen LogP contribution in [0.25, 0.3) is 75.5 Å². The van der Waals surface area contributed by atoms with Gasteiger partial charge >= 0.3 is 0 Å². The molecular formula is C55H39NS. The zero-order chi connectivity index (χ0) is 38.1. The van der Waals surface area contributed by atoms with Crippen molar-refractivity contribution in [2.75, 3.05) is 4.90 Å². The molecular weight excluding hydrogens is 707 g/mol. The molecule has 1 nitrogen and oxygen atoms in total. The van der Waals surface area contributed by atoms with Gasteiger partial charge in [0, 0.05) is 42.5 Å². The molecule has 0 saturated carbocycles. The highest BCUT2D eigenvalue weighted by Crippen LogP contribution is 2.53. The van der Waals surface area contributed by atoms with Crippen molar-refractivity contribution in [2.45, 2.75) is 19.3 Å². The first-order valence-electron chi connectivity index (χ1n) is 19.8. The second kappa shape index (κ2) is 13.2. The van der Waals surface area contributed by atoms with Crippen LogP contribution in [0.3, 0.4) is 0 Å². The highest BCUT2D eigenvalue weighted by atomic mass is 32.1. The largest absolute Gasteiger partial charge is 0.310 e. The lowest BCUT2D eigenvalue weighted by atomic mass is 9.82. The van der Waals surface area contributed by atoms with E-state index in [1.807, 2.05) is 11.3 Å². The average molecular weight is 746 g/mol. The van der Waals surface area contributed by atoms with Crippen LogP contribution >= 0.6 is 11.3 Å². The molecule has 1 heterocycles. The minimum Gasteiger partial charge on any atom is -0.310 e. The van der Waals surface area contributed by atoms with Crippen molar-refractivity contribution in [3.63, 3.8) is 0 Å². The van der Waals surface area contributed by atoms with Crippen molar-refractivity contribution in [2.24, 2.45) is 0 Å². The molecule has 11 rings (SSSR count). The molecule has 57 heavy (non-hydrogen) atoms. The van der Waals surface area contributed by atoms with Crippen LogP contribution in [-0.4, -0.2) is 0 Å².